The number of amides is 1. The van der Waals surface area contributed by atoms with Gasteiger partial charge in [-0.25, -0.2) is 15.0 Å². The summed E-state index contributed by atoms with van der Waals surface area (Å²) >= 11 is 7.47. The van der Waals surface area contributed by atoms with Crippen LogP contribution in [-0.4, -0.2) is 39.5 Å². The maximum absolute atomic E-state index is 12.7. The van der Waals surface area contributed by atoms with E-state index in [0.717, 1.165) is 37.3 Å². The summed E-state index contributed by atoms with van der Waals surface area (Å²) in [4.78, 5) is 26.5. The molecule has 1 fully saturated rings. The molecule has 1 aliphatic rings. The molecule has 1 saturated heterocycles. The molecule has 0 saturated carbocycles. The highest BCUT2D eigenvalue weighted by atomic mass is 35.5. The first-order valence-electron chi connectivity index (χ1n) is 11.0. The molecule has 33 heavy (non-hydrogen) atoms. The molecule has 3 aromatic rings. The molecular weight excluding hydrogens is 458 g/mol. The molecule has 4 N–H and O–H groups in total. The summed E-state index contributed by atoms with van der Waals surface area (Å²) in [7, 11) is 0. The molecule has 2 aromatic heterocycles. The van der Waals surface area contributed by atoms with Gasteiger partial charge in [0.2, 0.25) is 0 Å². The minimum Gasteiger partial charge on any atom is -0.368 e. The molecule has 3 heterocycles. The first-order valence-corrected chi connectivity index (χ1v) is 12.2. The Morgan fingerprint density at radius 1 is 1.27 bits per heavy atom. The van der Waals surface area contributed by atoms with E-state index >= 15 is 0 Å². The van der Waals surface area contributed by atoms with Crippen LogP contribution in [0.3, 0.4) is 0 Å². The average Bonchev–Trinajstić information content (AvgIpc) is 3.45. The SMILES string of the molecule is CC[C@]1(CNc2cc(Nc3ncc(C(=O)Nc4c(C)cccc4Cl)s3)nc(C)n2)CCCN1. The molecule has 0 aliphatic carbocycles. The van der Waals surface area contributed by atoms with Crippen molar-refractivity contribution in [3.8, 4) is 0 Å². The maximum atomic E-state index is 12.7. The quantitative estimate of drug-likeness (QED) is 0.350. The van der Waals surface area contributed by atoms with Gasteiger partial charge in [-0.3, -0.25) is 4.79 Å². The lowest BCUT2D eigenvalue weighted by Crippen LogP contribution is -2.45. The van der Waals surface area contributed by atoms with Crippen LogP contribution in [0, 0.1) is 13.8 Å². The third-order valence-corrected chi connectivity index (χ3v) is 7.11. The van der Waals surface area contributed by atoms with Crippen LogP contribution >= 0.6 is 22.9 Å². The summed E-state index contributed by atoms with van der Waals surface area (Å²) in [5.41, 5.74) is 1.62. The molecule has 174 valence electrons. The second-order valence-corrected chi connectivity index (χ2v) is 9.68. The predicted octanol–water partition coefficient (Wildman–Crippen LogP) is 5.14. The summed E-state index contributed by atoms with van der Waals surface area (Å²) < 4.78 is 0. The largest absolute Gasteiger partial charge is 0.368 e. The second kappa shape index (κ2) is 10.0. The minimum absolute atomic E-state index is 0.115. The van der Waals surface area contributed by atoms with E-state index in [9.17, 15) is 4.79 Å². The number of aromatic nitrogens is 3. The zero-order chi connectivity index (χ0) is 23.4. The standard InChI is InChI=1S/C23H28ClN7OS/c1-4-23(9-6-10-27-23)13-26-18-11-19(29-15(3)28-18)30-22-25-12-17(33-22)21(32)31-20-14(2)7-5-8-16(20)24/h5,7-8,11-12,27H,4,6,9-10,13H2,1-3H3,(H,31,32)(H2,25,26,28,29,30)/t23-/m1/s1. The Hall–Kier alpha value is -2.75. The van der Waals surface area contributed by atoms with Crippen molar-refractivity contribution in [3.63, 3.8) is 0 Å². The van der Waals surface area contributed by atoms with Crippen molar-refractivity contribution in [2.75, 3.05) is 29.0 Å². The molecule has 1 aromatic carbocycles. The zero-order valence-electron chi connectivity index (χ0n) is 19.0. The van der Waals surface area contributed by atoms with Crippen molar-refractivity contribution in [1.29, 1.82) is 0 Å². The van der Waals surface area contributed by atoms with E-state index in [1.807, 2.05) is 32.0 Å². The lowest BCUT2D eigenvalue weighted by atomic mass is 9.94. The summed E-state index contributed by atoms with van der Waals surface area (Å²) in [5.74, 6) is 1.77. The fraction of sp³-hybridized carbons (Fsp3) is 0.391. The first kappa shape index (κ1) is 23.4. The van der Waals surface area contributed by atoms with Crippen LogP contribution in [-0.2, 0) is 0 Å². The number of hydrogen-bond acceptors (Lipinski definition) is 8. The van der Waals surface area contributed by atoms with Gasteiger partial charge < -0.3 is 21.3 Å². The molecule has 0 unspecified atom stereocenters. The normalized spacial score (nSPS) is 17.7. The van der Waals surface area contributed by atoms with Crippen molar-refractivity contribution in [1.82, 2.24) is 20.3 Å². The first-order chi connectivity index (χ1) is 15.9. The Bertz CT molecular complexity index is 1120. The highest BCUT2D eigenvalue weighted by molar-refractivity contribution is 7.17. The lowest BCUT2D eigenvalue weighted by Gasteiger charge is -2.28. The summed E-state index contributed by atoms with van der Waals surface area (Å²) in [6.07, 6.45) is 4.95. The third kappa shape index (κ3) is 5.61. The zero-order valence-corrected chi connectivity index (χ0v) is 20.5. The van der Waals surface area contributed by atoms with Crippen LogP contribution in [0.4, 0.5) is 22.5 Å². The van der Waals surface area contributed by atoms with Gasteiger partial charge >= 0.3 is 0 Å². The molecule has 1 amide bonds. The van der Waals surface area contributed by atoms with Crippen LogP contribution in [0.25, 0.3) is 0 Å². The number of rotatable bonds is 8. The number of anilines is 4. The second-order valence-electron chi connectivity index (χ2n) is 8.24. The van der Waals surface area contributed by atoms with Gasteiger partial charge in [-0.05, 0) is 51.3 Å². The molecule has 0 bridgehead atoms. The number of hydrogen-bond donors (Lipinski definition) is 4. The number of nitrogens with one attached hydrogen (secondary N) is 4. The summed E-state index contributed by atoms with van der Waals surface area (Å²) in [6.45, 7) is 7.83. The predicted molar refractivity (Wildman–Crippen MR) is 135 cm³/mol. The number of nitrogens with zero attached hydrogens (tertiary/aromatic N) is 3. The van der Waals surface area contributed by atoms with Crippen molar-refractivity contribution in [2.45, 2.75) is 45.6 Å². The maximum Gasteiger partial charge on any atom is 0.267 e. The number of benzene rings is 1. The lowest BCUT2D eigenvalue weighted by molar-refractivity contribution is 0.103. The van der Waals surface area contributed by atoms with Crippen LogP contribution in [0.15, 0.2) is 30.5 Å². The van der Waals surface area contributed by atoms with Crippen LogP contribution < -0.4 is 21.3 Å². The highest BCUT2D eigenvalue weighted by Crippen LogP contribution is 2.28. The van der Waals surface area contributed by atoms with Crippen molar-refractivity contribution in [3.05, 3.63) is 51.7 Å². The minimum atomic E-state index is -0.257. The Kier molecular flexibility index (Phi) is 7.11. The Morgan fingerprint density at radius 3 is 2.82 bits per heavy atom. The fourth-order valence-electron chi connectivity index (χ4n) is 3.94. The highest BCUT2D eigenvalue weighted by Gasteiger charge is 2.31. The van der Waals surface area contributed by atoms with Crippen LogP contribution in [0.1, 0.15) is 47.2 Å². The van der Waals surface area contributed by atoms with E-state index in [2.05, 4.69) is 43.1 Å². The van der Waals surface area contributed by atoms with Gasteiger partial charge in [0.05, 0.1) is 16.9 Å². The van der Waals surface area contributed by atoms with Gasteiger partial charge in [-0.2, -0.15) is 0 Å². The Morgan fingerprint density at radius 2 is 2.09 bits per heavy atom. The molecule has 1 atom stereocenters. The molecule has 8 nitrogen and oxygen atoms in total. The van der Waals surface area contributed by atoms with E-state index in [-0.39, 0.29) is 11.4 Å². The summed E-state index contributed by atoms with van der Waals surface area (Å²) in [5, 5.41) is 14.2. The van der Waals surface area contributed by atoms with E-state index in [4.69, 9.17) is 11.6 Å². The number of aryl methyl sites for hydroxylation is 2. The van der Waals surface area contributed by atoms with Gasteiger partial charge in [0.1, 0.15) is 22.3 Å². The molecule has 4 rings (SSSR count). The van der Waals surface area contributed by atoms with Gasteiger partial charge in [0.25, 0.3) is 5.91 Å². The number of halogens is 1. The number of carbonyl (C=O) groups is 1. The number of para-hydroxylation sites is 1. The van der Waals surface area contributed by atoms with Crippen LogP contribution in [0.2, 0.25) is 5.02 Å². The molecule has 1 aliphatic heterocycles. The Balaban J connectivity index is 1.43. The van der Waals surface area contributed by atoms with E-state index < -0.39 is 0 Å². The van der Waals surface area contributed by atoms with Crippen molar-refractivity contribution in [2.24, 2.45) is 0 Å². The monoisotopic (exact) mass is 485 g/mol. The molecule has 10 heteroatoms. The Labute approximate surface area is 202 Å². The van der Waals surface area contributed by atoms with Crippen molar-refractivity contribution < 1.29 is 4.79 Å². The van der Waals surface area contributed by atoms with E-state index in [1.54, 1.807) is 12.3 Å². The van der Waals surface area contributed by atoms with Gasteiger partial charge in [-0.15, -0.1) is 0 Å². The van der Waals surface area contributed by atoms with Crippen molar-refractivity contribution >= 4 is 51.3 Å². The molecule has 0 spiro atoms. The topological polar surface area (TPSA) is 104 Å². The third-order valence-electron chi connectivity index (χ3n) is 5.88. The molecular formula is C23H28ClN7OS. The average molecular weight is 486 g/mol. The number of carbonyl (C=O) groups excluding carboxylic acids is 1. The van der Waals surface area contributed by atoms with Gasteiger partial charge in [-0.1, -0.05) is 42.0 Å². The smallest absolute Gasteiger partial charge is 0.267 e. The number of thiazole rings is 1. The fourth-order valence-corrected chi connectivity index (χ4v) is 4.93. The van der Waals surface area contributed by atoms with Gasteiger partial charge in [0.15, 0.2) is 5.13 Å². The van der Waals surface area contributed by atoms with E-state index in [0.29, 0.717) is 32.4 Å². The van der Waals surface area contributed by atoms with Crippen LogP contribution in [0.5, 0.6) is 0 Å². The van der Waals surface area contributed by atoms with Gasteiger partial charge in [0, 0.05) is 18.2 Å². The molecule has 0 radical (unpaired) electrons. The van der Waals surface area contributed by atoms with E-state index in [1.165, 1.54) is 17.8 Å². The summed E-state index contributed by atoms with van der Waals surface area (Å²) in [6, 6.07) is 7.36.